The second-order valence-electron chi connectivity index (χ2n) is 5.34. The molecule has 2 N–H and O–H groups in total. The van der Waals surface area contributed by atoms with E-state index in [1.54, 1.807) is 16.5 Å². The topological polar surface area (TPSA) is 87.2 Å². The Kier molecular flexibility index (Phi) is 4.87. The molecular formula is C14H17N5O2S2. The summed E-state index contributed by atoms with van der Waals surface area (Å²) in [7, 11) is 0. The summed E-state index contributed by atoms with van der Waals surface area (Å²) < 4.78 is 0. The number of aromatic nitrogens is 2. The molecule has 3 rings (SSSR count). The van der Waals surface area contributed by atoms with Crippen molar-refractivity contribution in [2.45, 2.75) is 19.8 Å². The van der Waals surface area contributed by atoms with E-state index in [9.17, 15) is 9.59 Å². The van der Waals surface area contributed by atoms with Crippen LogP contribution in [-0.4, -0.2) is 39.9 Å². The summed E-state index contributed by atoms with van der Waals surface area (Å²) in [5.74, 6) is -0.291. The van der Waals surface area contributed by atoms with Gasteiger partial charge in [0.25, 0.3) is 0 Å². The first-order valence-electron chi connectivity index (χ1n) is 7.30. The zero-order valence-electron chi connectivity index (χ0n) is 12.6. The summed E-state index contributed by atoms with van der Waals surface area (Å²) in [5, 5.41) is 10.5. The van der Waals surface area contributed by atoms with Crippen LogP contribution in [0.3, 0.4) is 0 Å². The zero-order chi connectivity index (χ0) is 16.2. The molecule has 3 heterocycles. The third-order valence-electron chi connectivity index (χ3n) is 3.57. The Balaban J connectivity index is 1.56. The molecule has 1 atom stereocenters. The van der Waals surface area contributed by atoms with Gasteiger partial charge in [0.1, 0.15) is 0 Å². The van der Waals surface area contributed by atoms with Crippen LogP contribution >= 0.6 is 22.7 Å². The van der Waals surface area contributed by atoms with Crippen LogP contribution < -0.4 is 10.6 Å². The third-order valence-corrected chi connectivity index (χ3v) is 5.14. The van der Waals surface area contributed by atoms with E-state index in [2.05, 4.69) is 20.6 Å². The second-order valence-corrected chi connectivity index (χ2v) is 7.09. The van der Waals surface area contributed by atoms with Gasteiger partial charge in [-0.15, -0.1) is 22.7 Å². The molecule has 23 heavy (non-hydrogen) atoms. The molecule has 7 nitrogen and oxygen atoms in total. The SMILES string of the molecule is Cc1csc(NC(=O)C2CCCN(C(=O)Nc3nccs3)C2)n1. The van der Waals surface area contributed by atoms with Crippen molar-refractivity contribution < 1.29 is 9.59 Å². The standard InChI is InChI=1S/C14H17N5O2S2/c1-9-8-23-13(16-9)17-11(20)10-3-2-5-19(7-10)14(21)18-12-15-4-6-22-12/h4,6,8,10H,2-3,5,7H2,1H3,(H,15,18,21)(H,16,17,20). The molecule has 0 saturated carbocycles. The molecule has 1 unspecified atom stereocenters. The van der Waals surface area contributed by atoms with Crippen LogP contribution in [0.2, 0.25) is 0 Å². The number of piperidine rings is 1. The maximum atomic E-state index is 12.3. The molecule has 0 spiro atoms. The van der Waals surface area contributed by atoms with E-state index >= 15 is 0 Å². The van der Waals surface area contributed by atoms with Gasteiger partial charge in [0, 0.05) is 30.0 Å². The van der Waals surface area contributed by atoms with Crippen LogP contribution in [0.1, 0.15) is 18.5 Å². The van der Waals surface area contributed by atoms with E-state index in [4.69, 9.17) is 0 Å². The average molecular weight is 351 g/mol. The van der Waals surface area contributed by atoms with Crippen molar-refractivity contribution in [3.8, 4) is 0 Å². The molecule has 9 heteroatoms. The summed E-state index contributed by atoms with van der Waals surface area (Å²) in [5.41, 5.74) is 0.887. The Labute approximate surface area is 141 Å². The van der Waals surface area contributed by atoms with Crippen LogP contribution in [0.5, 0.6) is 0 Å². The lowest BCUT2D eigenvalue weighted by Gasteiger charge is -2.31. The number of anilines is 2. The van der Waals surface area contributed by atoms with E-state index < -0.39 is 0 Å². The lowest BCUT2D eigenvalue weighted by Crippen LogP contribution is -2.45. The molecule has 0 aliphatic carbocycles. The van der Waals surface area contributed by atoms with Gasteiger partial charge in [-0.1, -0.05) is 0 Å². The Morgan fingerprint density at radius 3 is 2.87 bits per heavy atom. The highest BCUT2D eigenvalue weighted by Crippen LogP contribution is 2.21. The third kappa shape index (κ3) is 4.05. The van der Waals surface area contributed by atoms with Crippen LogP contribution in [-0.2, 0) is 4.79 Å². The van der Waals surface area contributed by atoms with Gasteiger partial charge in [-0.2, -0.15) is 0 Å². The maximum absolute atomic E-state index is 12.3. The largest absolute Gasteiger partial charge is 0.324 e. The Morgan fingerprint density at radius 1 is 1.30 bits per heavy atom. The van der Waals surface area contributed by atoms with Gasteiger partial charge in [-0.3, -0.25) is 10.1 Å². The van der Waals surface area contributed by atoms with Crippen LogP contribution in [0.25, 0.3) is 0 Å². The number of carbonyl (C=O) groups excluding carboxylic acids is 2. The van der Waals surface area contributed by atoms with Crippen molar-refractivity contribution in [3.63, 3.8) is 0 Å². The maximum Gasteiger partial charge on any atom is 0.323 e. The van der Waals surface area contributed by atoms with Gasteiger partial charge >= 0.3 is 6.03 Å². The van der Waals surface area contributed by atoms with E-state index in [0.29, 0.717) is 23.4 Å². The number of hydrogen-bond acceptors (Lipinski definition) is 6. The predicted molar refractivity (Wildman–Crippen MR) is 90.9 cm³/mol. The smallest absolute Gasteiger partial charge is 0.323 e. The van der Waals surface area contributed by atoms with Crippen LogP contribution in [0.15, 0.2) is 17.0 Å². The summed E-state index contributed by atoms with van der Waals surface area (Å²) in [4.78, 5) is 34.5. The number of aryl methyl sites for hydroxylation is 1. The lowest BCUT2D eigenvalue weighted by molar-refractivity contribution is -0.121. The highest BCUT2D eigenvalue weighted by molar-refractivity contribution is 7.14. The fourth-order valence-electron chi connectivity index (χ4n) is 2.45. The summed E-state index contributed by atoms with van der Waals surface area (Å²) in [6.07, 6.45) is 3.22. The highest BCUT2D eigenvalue weighted by Gasteiger charge is 2.29. The molecule has 1 aliphatic heterocycles. The second kappa shape index (κ2) is 7.05. The minimum absolute atomic E-state index is 0.0777. The highest BCUT2D eigenvalue weighted by atomic mass is 32.1. The van der Waals surface area contributed by atoms with Crippen molar-refractivity contribution in [1.29, 1.82) is 0 Å². The number of nitrogens with one attached hydrogen (secondary N) is 2. The van der Waals surface area contributed by atoms with Crippen molar-refractivity contribution in [1.82, 2.24) is 14.9 Å². The number of likely N-dealkylation sites (tertiary alicyclic amines) is 1. The lowest BCUT2D eigenvalue weighted by atomic mass is 9.97. The number of carbonyl (C=O) groups is 2. The molecule has 0 bridgehead atoms. The van der Waals surface area contributed by atoms with Crippen molar-refractivity contribution >= 4 is 44.9 Å². The molecule has 2 aromatic heterocycles. The minimum atomic E-state index is -0.213. The minimum Gasteiger partial charge on any atom is -0.324 e. The van der Waals surface area contributed by atoms with Crippen LogP contribution in [0.4, 0.5) is 15.1 Å². The molecule has 0 aromatic carbocycles. The number of nitrogens with zero attached hydrogens (tertiary/aromatic N) is 3. The number of thiazole rings is 2. The van der Waals surface area contributed by atoms with Gasteiger partial charge in [0.05, 0.1) is 11.6 Å². The van der Waals surface area contributed by atoms with Gasteiger partial charge in [-0.05, 0) is 19.8 Å². The van der Waals surface area contributed by atoms with E-state index in [0.717, 1.165) is 18.5 Å². The Morgan fingerprint density at radius 2 is 2.17 bits per heavy atom. The first-order valence-corrected chi connectivity index (χ1v) is 9.06. The molecule has 1 saturated heterocycles. The van der Waals surface area contributed by atoms with E-state index in [1.807, 2.05) is 12.3 Å². The molecule has 1 fully saturated rings. The fourth-order valence-corrected chi connectivity index (χ4v) is 3.66. The monoisotopic (exact) mass is 351 g/mol. The van der Waals surface area contributed by atoms with Crippen molar-refractivity contribution in [2.24, 2.45) is 5.92 Å². The summed E-state index contributed by atoms with van der Waals surface area (Å²) in [6, 6.07) is -0.206. The predicted octanol–water partition coefficient (Wildman–Crippen LogP) is 2.79. The number of amides is 3. The van der Waals surface area contributed by atoms with Crippen LogP contribution in [0, 0.1) is 12.8 Å². The number of rotatable bonds is 3. The quantitative estimate of drug-likeness (QED) is 0.890. The zero-order valence-corrected chi connectivity index (χ0v) is 14.2. The summed E-state index contributed by atoms with van der Waals surface area (Å²) >= 11 is 2.78. The fraction of sp³-hybridized carbons (Fsp3) is 0.429. The number of hydrogen-bond donors (Lipinski definition) is 2. The first-order chi connectivity index (χ1) is 11.1. The molecule has 0 radical (unpaired) electrons. The average Bonchev–Trinajstić information content (AvgIpc) is 3.19. The van der Waals surface area contributed by atoms with E-state index in [-0.39, 0.29) is 17.9 Å². The normalized spacial score (nSPS) is 17.8. The van der Waals surface area contributed by atoms with Gasteiger partial charge in [0.15, 0.2) is 10.3 Å². The first kappa shape index (κ1) is 15.9. The molecule has 1 aliphatic rings. The molecular weight excluding hydrogens is 334 g/mol. The van der Waals surface area contributed by atoms with Crippen molar-refractivity contribution in [3.05, 3.63) is 22.7 Å². The van der Waals surface area contributed by atoms with Gasteiger partial charge < -0.3 is 10.2 Å². The van der Waals surface area contributed by atoms with Gasteiger partial charge in [0.2, 0.25) is 5.91 Å². The Bertz CT molecular complexity index is 685. The van der Waals surface area contributed by atoms with Crippen molar-refractivity contribution in [2.75, 3.05) is 23.7 Å². The summed E-state index contributed by atoms with van der Waals surface area (Å²) in [6.45, 7) is 2.95. The van der Waals surface area contributed by atoms with E-state index in [1.165, 1.54) is 22.7 Å². The number of urea groups is 1. The molecule has 122 valence electrons. The van der Waals surface area contributed by atoms with Gasteiger partial charge in [-0.25, -0.2) is 14.8 Å². The molecule has 3 amide bonds. The Hall–Kier alpha value is -2.00. The molecule has 2 aromatic rings.